The molecule has 1 aliphatic rings. The second-order valence-electron chi connectivity index (χ2n) is 6.58. The standard InChI is InChI=1S/C18H23NO3/c1-18(2)12-21-17(22-13-18)9-4-3-8-16(20)15-7-5-6-14(10-15)11-19/h5-7,10,17H,3-4,8-9,12-13H2,1-2H3. The van der Waals surface area contributed by atoms with E-state index < -0.39 is 0 Å². The van der Waals surface area contributed by atoms with E-state index in [4.69, 9.17) is 14.7 Å². The number of carbonyl (C=O) groups excluding carboxylic acids is 1. The summed E-state index contributed by atoms with van der Waals surface area (Å²) in [6.07, 6.45) is 2.89. The lowest BCUT2D eigenvalue weighted by Gasteiger charge is -2.34. The quantitative estimate of drug-likeness (QED) is 0.594. The molecule has 1 aliphatic heterocycles. The van der Waals surface area contributed by atoms with Crippen molar-refractivity contribution < 1.29 is 14.3 Å². The Hall–Kier alpha value is -1.70. The van der Waals surface area contributed by atoms with Gasteiger partial charge in [0.25, 0.3) is 0 Å². The van der Waals surface area contributed by atoms with Crippen LogP contribution in [0.15, 0.2) is 24.3 Å². The molecule has 0 saturated carbocycles. The molecule has 0 unspecified atom stereocenters. The molecule has 1 aromatic rings. The molecule has 0 aromatic heterocycles. The number of rotatable bonds is 6. The molecule has 1 aromatic carbocycles. The SMILES string of the molecule is CC1(C)COC(CCCCC(=O)c2cccc(C#N)c2)OC1. The van der Waals surface area contributed by atoms with Gasteiger partial charge in [-0.15, -0.1) is 0 Å². The number of nitriles is 1. The monoisotopic (exact) mass is 301 g/mol. The summed E-state index contributed by atoms with van der Waals surface area (Å²) in [5.41, 5.74) is 1.24. The van der Waals surface area contributed by atoms with Crippen molar-refractivity contribution in [2.24, 2.45) is 5.41 Å². The van der Waals surface area contributed by atoms with Crippen LogP contribution in [0.2, 0.25) is 0 Å². The van der Waals surface area contributed by atoms with Gasteiger partial charge in [0.15, 0.2) is 12.1 Å². The molecule has 4 nitrogen and oxygen atoms in total. The van der Waals surface area contributed by atoms with E-state index in [0.717, 1.165) is 32.5 Å². The van der Waals surface area contributed by atoms with Gasteiger partial charge < -0.3 is 9.47 Å². The van der Waals surface area contributed by atoms with Crippen molar-refractivity contribution in [3.8, 4) is 6.07 Å². The number of hydrogen-bond donors (Lipinski definition) is 0. The number of benzene rings is 1. The second kappa shape index (κ2) is 7.53. The fourth-order valence-corrected chi connectivity index (χ4v) is 2.40. The molecule has 22 heavy (non-hydrogen) atoms. The Morgan fingerprint density at radius 1 is 1.32 bits per heavy atom. The average Bonchev–Trinajstić information content (AvgIpc) is 2.52. The van der Waals surface area contributed by atoms with E-state index in [9.17, 15) is 4.79 Å². The topological polar surface area (TPSA) is 59.3 Å². The highest BCUT2D eigenvalue weighted by Crippen LogP contribution is 2.25. The van der Waals surface area contributed by atoms with Crippen molar-refractivity contribution in [1.82, 2.24) is 0 Å². The maximum Gasteiger partial charge on any atom is 0.162 e. The molecular formula is C18H23NO3. The van der Waals surface area contributed by atoms with Gasteiger partial charge in [-0.05, 0) is 31.4 Å². The van der Waals surface area contributed by atoms with Crippen LogP contribution in [0.25, 0.3) is 0 Å². The van der Waals surface area contributed by atoms with E-state index in [2.05, 4.69) is 19.9 Å². The lowest BCUT2D eigenvalue weighted by atomic mass is 9.95. The number of carbonyl (C=O) groups is 1. The maximum atomic E-state index is 12.1. The van der Waals surface area contributed by atoms with Crippen molar-refractivity contribution >= 4 is 5.78 Å². The number of ketones is 1. The molecule has 1 fully saturated rings. The molecule has 0 N–H and O–H groups in total. The largest absolute Gasteiger partial charge is 0.352 e. The molecule has 2 rings (SSSR count). The summed E-state index contributed by atoms with van der Waals surface area (Å²) >= 11 is 0. The van der Waals surface area contributed by atoms with E-state index in [1.165, 1.54) is 0 Å². The average molecular weight is 301 g/mol. The Labute approximate surface area is 132 Å². The van der Waals surface area contributed by atoms with Gasteiger partial charge in [0.1, 0.15) is 0 Å². The van der Waals surface area contributed by atoms with E-state index in [-0.39, 0.29) is 17.5 Å². The van der Waals surface area contributed by atoms with Gasteiger partial charge in [0.05, 0.1) is 24.8 Å². The van der Waals surface area contributed by atoms with Crippen LogP contribution in [0, 0.1) is 16.7 Å². The van der Waals surface area contributed by atoms with Crippen molar-refractivity contribution in [3.05, 3.63) is 35.4 Å². The van der Waals surface area contributed by atoms with Gasteiger partial charge in [-0.25, -0.2) is 0 Å². The van der Waals surface area contributed by atoms with Crippen molar-refractivity contribution in [1.29, 1.82) is 5.26 Å². The second-order valence-corrected chi connectivity index (χ2v) is 6.58. The first-order valence-electron chi connectivity index (χ1n) is 7.77. The fraction of sp³-hybridized carbons (Fsp3) is 0.556. The van der Waals surface area contributed by atoms with Crippen LogP contribution in [0.4, 0.5) is 0 Å². The Morgan fingerprint density at radius 2 is 2.05 bits per heavy atom. The molecule has 0 spiro atoms. The summed E-state index contributed by atoms with van der Waals surface area (Å²) in [6.45, 7) is 5.68. The molecule has 0 radical (unpaired) electrons. The first kappa shape index (κ1) is 16.7. The van der Waals surface area contributed by atoms with E-state index >= 15 is 0 Å². The normalized spacial score (nSPS) is 17.9. The first-order valence-corrected chi connectivity index (χ1v) is 7.77. The van der Waals surface area contributed by atoms with Crippen LogP contribution in [0.3, 0.4) is 0 Å². The third-order valence-corrected chi connectivity index (χ3v) is 3.73. The third kappa shape index (κ3) is 4.94. The molecule has 0 amide bonds. The minimum Gasteiger partial charge on any atom is -0.352 e. The van der Waals surface area contributed by atoms with Gasteiger partial charge in [-0.1, -0.05) is 26.0 Å². The summed E-state index contributed by atoms with van der Waals surface area (Å²) < 4.78 is 11.3. The van der Waals surface area contributed by atoms with Crippen molar-refractivity contribution in [3.63, 3.8) is 0 Å². The van der Waals surface area contributed by atoms with E-state index in [0.29, 0.717) is 17.5 Å². The van der Waals surface area contributed by atoms with Crippen molar-refractivity contribution in [2.45, 2.75) is 45.8 Å². The summed E-state index contributed by atoms with van der Waals surface area (Å²) in [6, 6.07) is 8.92. The molecule has 4 heteroatoms. The summed E-state index contributed by atoms with van der Waals surface area (Å²) in [5, 5.41) is 8.85. The van der Waals surface area contributed by atoms with Crippen LogP contribution < -0.4 is 0 Å². The Morgan fingerprint density at radius 3 is 2.73 bits per heavy atom. The number of hydrogen-bond acceptors (Lipinski definition) is 4. The predicted molar refractivity (Wildman–Crippen MR) is 83.4 cm³/mol. The van der Waals surface area contributed by atoms with Gasteiger partial charge in [0, 0.05) is 17.4 Å². The van der Waals surface area contributed by atoms with Gasteiger partial charge in [-0.2, -0.15) is 5.26 Å². The molecule has 0 atom stereocenters. The Balaban J connectivity index is 1.68. The van der Waals surface area contributed by atoms with Crippen LogP contribution in [0.1, 0.15) is 55.5 Å². The fourth-order valence-electron chi connectivity index (χ4n) is 2.40. The van der Waals surface area contributed by atoms with Crippen molar-refractivity contribution in [2.75, 3.05) is 13.2 Å². The molecule has 0 bridgehead atoms. The van der Waals surface area contributed by atoms with Gasteiger partial charge >= 0.3 is 0 Å². The minimum absolute atomic E-state index is 0.0868. The predicted octanol–water partition coefficient (Wildman–Crippen LogP) is 3.70. The highest BCUT2D eigenvalue weighted by Gasteiger charge is 2.27. The lowest BCUT2D eigenvalue weighted by molar-refractivity contribution is -0.224. The smallest absolute Gasteiger partial charge is 0.162 e. The van der Waals surface area contributed by atoms with Gasteiger partial charge in [0.2, 0.25) is 0 Å². The minimum atomic E-state index is -0.134. The van der Waals surface area contributed by atoms with Gasteiger partial charge in [-0.3, -0.25) is 4.79 Å². The first-order chi connectivity index (χ1) is 10.5. The lowest BCUT2D eigenvalue weighted by Crippen LogP contribution is -2.37. The van der Waals surface area contributed by atoms with Crippen LogP contribution in [0.5, 0.6) is 0 Å². The number of nitrogens with zero attached hydrogens (tertiary/aromatic N) is 1. The summed E-state index contributed by atoms with van der Waals surface area (Å²) in [5.74, 6) is 0.0868. The molecular weight excluding hydrogens is 278 g/mol. The number of Topliss-reactive ketones (excluding diaryl/α,β-unsaturated/α-hetero) is 1. The van der Waals surface area contributed by atoms with E-state index in [1.54, 1.807) is 24.3 Å². The van der Waals surface area contributed by atoms with E-state index in [1.807, 2.05) is 0 Å². The Bertz CT molecular complexity index is 550. The molecule has 1 heterocycles. The zero-order chi connectivity index (χ0) is 16.0. The summed E-state index contributed by atoms with van der Waals surface area (Å²) in [4.78, 5) is 12.1. The maximum absolute atomic E-state index is 12.1. The number of unbranched alkanes of at least 4 members (excludes halogenated alkanes) is 1. The highest BCUT2D eigenvalue weighted by atomic mass is 16.7. The van der Waals surface area contributed by atoms with Crippen LogP contribution >= 0.6 is 0 Å². The number of ether oxygens (including phenoxy) is 2. The molecule has 1 saturated heterocycles. The molecule has 0 aliphatic carbocycles. The van der Waals surface area contributed by atoms with Crippen LogP contribution in [-0.4, -0.2) is 25.3 Å². The highest BCUT2D eigenvalue weighted by molar-refractivity contribution is 5.96. The third-order valence-electron chi connectivity index (χ3n) is 3.73. The Kier molecular flexibility index (Phi) is 5.70. The molecule has 118 valence electrons. The zero-order valence-electron chi connectivity index (χ0n) is 13.3. The zero-order valence-corrected chi connectivity index (χ0v) is 13.3. The summed E-state index contributed by atoms with van der Waals surface area (Å²) in [7, 11) is 0. The van der Waals surface area contributed by atoms with Crippen LogP contribution in [-0.2, 0) is 9.47 Å².